The highest BCUT2D eigenvalue weighted by molar-refractivity contribution is 5.93. The number of nitrogens with one attached hydrogen (secondary N) is 1. The van der Waals surface area contributed by atoms with E-state index in [0.717, 1.165) is 25.7 Å². The molecule has 0 radical (unpaired) electrons. The van der Waals surface area contributed by atoms with Crippen LogP contribution in [0.15, 0.2) is 12.2 Å². The van der Waals surface area contributed by atoms with Gasteiger partial charge in [-0.2, -0.15) is 0 Å². The van der Waals surface area contributed by atoms with Crippen LogP contribution < -0.4 is 5.32 Å². The lowest BCUT2D eigenvalue weighted by Crippen LogP contribution is -2.64. The second-order valence-electron chi connectivity index (χ2n) is 6.75. The molecule has 5 aliphatic rings. The van der Waals surface area contributed by atoms with Crippen LogP contribution in [0.5, 0.6) is 0 Å². The maximum absolute atomic E-state index is 12.2. The molecule has 3 aliphatic heterocycles. The van der Waals surface area contributed by atoms with E-state index in [4.69, 9.17) is 4.74 Å². The maximum Gasteiger partial charge on any atom is 0.247 e. The third kappa shape index (κ3) is 2.04. The minimum Gasteiger partial charge on any atom is -0.353 e. The van der Waals surface area contributed by atoms with Gasteiger partial charge in [-0.1, -0.05) is 6.08 Å². The van der Waals surface area contributed by atoms with E-state index < -0.39 is 5.72 Å². The van der Waals surface area contributed by atoms with Crippen LogP contribution in [0.25, 0.3) is 0 Å². The van der Waals surface area contributed by atoms with Crippen molar-refractivity contribution in [3.05, 3.63) is 12.2 Å². The lowest BCUT2D eigenvalue weighted by molar-refractivity contribution is -0.233. The molecule has 108 valence electrons. The largest absolute Gasteiger partial charge is 0.353 e. The number of carbonyl (C=O) groups excluding carboxylic acids is 2. The van der Waals surface area contributed by atoms with Gasteiger partial charge in [-0.25, -0.2) is 0 Å². The molecule has 0 aromatic carbocycles. The van der Waals surface area contributed by atoms with Crippen LogP contribution in [-0.2, 0) is 14.3 Å². The summed E-state index contributed by atoms with van der Waals surface area (Å²) in [6.45, 7) is 0.672. The standard InChI is InChI=1S/C15H20N2O3/c18-13(9-17-3-1-2-14(17)19)16-15-7-10-4-11(8-15)6-12(5-10)20-15/h1-2,10-12H,3-9H2,(H,16,18). The number of carbonyl (C=O) groups is 2. The Balaban J connectivity index is 1.41. The molecular weight excluding hydrogens is 256 g/mol. The number of amides is 2. The molecule has 2 saturated carbocycles. The fourth-order valence-corrected chi connectivity index (χ4v) is 4.58. The van der Waals surface area contributed by atoms with E-state index in [-0.39, 0.29) is 18.4 Å². The Morgan fingerprint density at radius 2 is 2.10 bits per heavy atom. The smallest absolute Gasteiger partial charge is 0.247 e. The SMILES string of the molecule is O=C(CN1CC=CC1=O)NC12CC3CC(CC(C3)O1)C2. The van der Waals surface area contributed by atoms with Gasteiger partial charge in [0.1, 0.15) is 12.3 Å². The number of nitrogens with zero attached hydrogens (tertiary/aromatic N) is 1. The van der Waals surface area contributed by atoms with E-state index >= 15 is 0 Å². The molecule has 3 heterocycles. The molecular formula is C15H20N2O3. The van der Waals surface area contributed by atoms with Crippen molar-refractivity contribution in [3.8, 4) is 0 Å². The van der Waals surface area contributed by atoms with E-state index in [1.807, 2.05) is 0 Å². The zero-order chi connectivity index (χ0) is 13.7. The summed E-state index contributed by atoms with van der Waals surface area (Å²) in [5, 5.41) is 3.09. The fourth-order valence-electron chi connectivity index (χ4n) is 4.58. The number of hydrogen-bond donors (Lipinski definition) is 1. The van der Waals surface area contributed by atoms with E-state index in [9.17, 15) is 9.59 Å². The van der Waals surface area contributed by atoms with Crippen LogP contribution in [0.2, 0.25) is 0 Å². The summed E-state index contributed by atoms with van der Waals surface area (Å²) in [7, 11) is 0. The highest BCUT2D eigenvalue weighted by atomic mass is 16.5. The lowest BCUT2D eigenvalue weighted by atomic mass is 9.65. The third-order valence-electron chi connectivity index (χ3n) is 5.09. The molecule has 5 nitrogen and oxygen atoms in total. The predicted octanol–water partition coefficient (Wildman–Crippen LogP) is 0.806. The first-order chi connectivity index (χ1) is 9.62. The van der Waals surface area contributed by atoms with Crippen LogP contribution in [0, 0.1) is 11.8 Å². The molecule has 0 aromatic rings. The van der Waals surface area contributed by atoms with Crippen LogP contribution >= 0.6 is 0 Å². The summed E-state index contributed by atoms with van der Waals surface area (Å²) >= 11 is 0. The number of rotatable bonds is 3. The van der Waals surface area contributed by atoms with Gasteiger partial charge in [0.25, 0.3) is 0 Å². The molecule has 0 aromatic heterocycles. The van der Waals surface area contributed by atoms with E-state index in [0.29, 0.717) is 24.5 Å². The molecule has 4 fully saturated rings. The molecule has 5 rings (SSSR count). The van der Waals surface area contributed by atoms with Gasteiger partial charge < -0.3 is 15.0 Å². The molecule has 2 aliphatic carbocycles. The minimum absolute atomic E-state index is 0.0772. The second kappa shape index (κ2) is 4.32. The van der Waals surface area contributed by atoms with Gasteiger partial charge in [0.2, 0.25) is 11.8 Å². The molecule has 2 amide bonds. The maximum atomic E-state index is 12.2. The first-order valence-electron chi connectivity index (χ1n) is 7.56. The van der Waals surface area contributed by atoms with Gasteiger partial charge in [0.15, 0.2) is 0 Å². The monoisotopic (exact) mass is 276 g/mol. The zero-order valence-electron chi connectivity index (χ0n) is 11.5. The third-order valence-corrected chi connectivity index (χ3v) is 5.09. The van der Waals surface area contributed by atoms with Crippen molar-refractivity contribution in [1.29, 1.82) is 0 Å². The first kappa shape index (κ1) is 12.4. The minimum atomic E-state index is -0.442. The Hall–Kier alpha value is -1.36. The fraction of sp³-hybridized carbons (Fsp3) is 0.733. The van der Waals surface area contributed by atoms with Crippen molar-refractivity contribution in [2.45, 2.75) is 43.9 Å². The van der Waals surface area contributed by atoms with Gasteiger partial charge in [-0.3, -0.25) is 9.59 Å². The quantitative estimate of drug-likeness (QED) is 0.829. The summed E-state index contributed by atoms with van der Waals surface area (Å²) in [5.41, 5.74) is -0.442. The normalized spacial score (nSPS) is 41.5. The van der Waals surface area contributed by atoms with Gasteiger partial charge in [0, 0.05) is 12.6 Å². The molecule has 4 bridgehead atoms. The van der Waals surface area contributed by atoms with Gasteiger partial charge in [-0.15, -0.1) is 0 Å². The molecule has 2 unspecified atom stereocenters. The van der Waals surface area contributed by atoms with Crippen LogP contribution in [0.4, 0.5) is 0 Å². The highest BCUT2D eigenvalue weighted by Crippen LogP contribution is 2.51. The van der Waals surface area contributed by atoms with Crippen LogP contribution in [-0.4, -0.2) is 41.6 Å². The zero-order valence-corrected chi connectivity index (χ0v) is 11.5. The van der Waals surface area contributed by atoms with Crippen molar-refractivity contribution in [3.63, 3.8) is 0 Å². The Kier molecular flexibility index (Phi) is 2.67. The summed E-state index contributed by atoms with van der Waals surface area (Å²) in [6.07, 6.45) is 9.13. The highest BCUT2D eigenvalue weighted by Gasteiger charge is 2.52. The number of hydrogen-bond acceptors (Lipinski definition) is 3. The molecule has 5 heteroatoms. The van der Waals surface area contributed by atoms with Crippen molar-refractivity contribution >= 4 is 11.8 Å². The molecule has 1 N–H and O–H groups in total. The van der Waals surface area contributed by atoms with Crippen LogP contribution in [0.1, 0.15) is 32.1 Å². The van der Waals surface area contributed by atoms with Gasteiger partial charge in [0.05, 0.1) is 6.10 Å². The molecule has 2 atom stereocenters. The van der Waals surface area contributed by atoms with Crippen molar-refractivity contribution in [2.24, 2.45) is 11.8 Å². The molecule has 2 saturated heterocycles. The van der Waals surface area contributed by atoms with Crippen molar-refractivity contribution in [2.75, 3.05) is 13.1 Å². The van der Waals surface area contributed by atoms with Crippen molar-refractivity contribution in [1.82, 2.24) is 10.2 Å². The Bertz CT molecular complexity index is 450. The average Bonchev–Trinajstić information content (AvgIpc) is 2.72. The summed E-state index contributed by atoms with van der Waals surface area (Å²) < 4.78 is 6.12. The van der Waals surface area contributed by atoms with E-state index in [1.165, 1.54) is 12.5 Å². The summed E-state index contributed by atoms with van der Waals surface area (Å²) in [5.74, 6) is 1.24. The number of ether oxygens (including phenoxy) is 1. The predicted molar refractivity (Wildman–Crippen MR) is 71.5 cm³/mol. The Labute approximate surface area is 118 Å². The van der Waals surface area contributed by atoms with E-state index in [1.54, 1.807) is 11.0 Å². The first-order valence-corrected chi connectivity index (χ1v) is 7.56. The van der Waals surface area contributed by atoms with Crippen molar-refractivity contribution < 1.29 is 14.3 Å². The second-order valence-corrected chi connectivity index (χ2v) is 6.75. The Morgan fingerprint density at radius 1 is 1.35 bits per heavy atom. The van der Waals surface area contributed by atoms with Gasteiger partial charge >= 0.3 is 0 Å². The van der Waals surface area contributed by atoms with E-state index in [2.05, 4.69) is 5.32 Å². The van der Waals surface area contributed by atoms with Gasteiger partial charge in [-0.05, 0) is 43.9 Å². The lowest BCUT2D eigenvalue weighted by Gasteiger charge is -2.56. The topological polar surface area (TPSA) is 58.6 Å². The average molecular weight is 276 g/mol. The van der Waals surface area contributed by atoms with Crippen LogP contribution in [0.3, 0.4) is 0 Å². The Morgan fingerprint density at radius 3 is 2.70 bits per heavy atom. The molecule has 0 spiro atoms. The molecule has 20 heavy (non-hydrogen) atoms. The summed E-state index contributed by atoms with van der Waals surface area (Å²) in [4.78, 5) is 25.3. The summed E-state index contributed by atoms with van der Waals surface area (Å²) in [6, 6.07) is 0.